The van der Waals surface area contributed by atoms with Crippen molar-refractivity contribution in [1.29, 1.82) is 0 Å². The number of hydrogen-bond acceptors (Lipinski definition) is 3. The zero-order chi connectivity index (χ0) is 10.8. The average molecular weight is 202 g/mol. The molecule has 0 bridgehead atoms. The zero-order valence-corrected chi connectivity index (χ0v) is 9.21. The van der Waals surface area contributed by atoms with E-state index >= 15 is 0 Å². The number of carbonyl (C=O) groups is 1. The van der Waals surface area contributed by atoms with E-state index < -0.39 is 0 Å². The van der Waals surface area contributed by atoms with Crippen LogP contribution in [0.2, 0.25) is 0 Å². The summed E-state index contributed by atoms with van der Waals surface area (Å²) >= 11 is 0. The molecule has 0 fully saturated rings. The minimum atomic E-state index is 0.107. The molecule has 0 saturated heterocycles. The molecule has 3 N–H and O–H groups in total. The van der Waals surface area contributed by atoms with Crippen LogP contribution < -0.4 is 11.1 Å². The summed E-state index contributed by atoms with van der Waals surface area (Å²) < 4.78 is 5.12. The van der Waals surface area contributed by atoms with Gasteiger partial charge in [-0.3, -0.25) is 4.79 Å². The fourth-order valence-electron chi connectivity index (χ4n) is 0.981. The Morgan fingerprint density at radius 2 is 2.21 bits per heavy atom. The normalized spacial score (nSPS) is 12.5. The van der Waals surface area contributed by atoms with Gasteiger partial charge in [-0.25, -0.2) is 0 Å². The van der Waals surface area contributed by atoms with Gasteiger partial charge in [0, 0.05) is 19.5 Å². The standard InChI is InChI=1S/C10H22N2O2/c1-3-9(2)8-10(13)12-5-7-14-6-4-11/h9H,3-8,11H2,1-2H3,(H,12,13). The SMILES string of the molecule is CCC(C)CC(=O)NCCOCCN. The summed E-state index contributed by atoms with van der Waals surface area (Å²) in [4.78, 5) is 11.3. The van der Waals surface area contributed by atoms with Crippen LogP contribution >= 0.6 is 0 Å². The summed E-state index contributed by atoms with van der Waals surface area (Å²) in [6.45, 7) is 6.37. The van der Waals surface area contributed by atoms with Gasteiger partial charge in [0.2, 0.25) is 5.91 Å². The number of nitrogens with one attached hydrogen (secondary N) is 1. The van der Waals surface area contributed by atoms with E-state index in [4.69, 9.17) is 10.5 Å². The number of carbonyl (C=O) groups excluding carboxylic acids is 1. The number of hydrogen-bond donors (Lipinski definition) is 2. The Hall–Kier alpha value is -0.610. The van der Waals surface area contributed by atoms with Gasteiger partial charge in [0.25, 0.3) is 0 Å². The Labute approximate surface area is 86.2 Å². The molecule has 1 unspecified atom stereocenters. The van der Waals surface area contributed by atoms with E-state index in [1.54, 1.807) is 0 Å². The first-order valence-electron chi connectivity index (χ1n) is 5.25. The highest BCUT2D eigenvalue weighted by Gasteiger charge is 2.05. The molecule has 0 spiro atoms. The maximum Gasteiger partial charge on any atom is 0.220 e. The smallest absolute Gasteiger partial charge is 0.220 e. The first-order chi connectivity index (χ1) is 6.70. The van der Waals surface area contributed by atoms with Crippen molar-refractivity contribution >= 4 is 5.91 Å². The second kappa shape index (κ2) is 8.97. The highest BCUT2D eigenvalue weighted by atomic mass is 16.5. The molecule has 0 aliphatic heterocycles. The molecule has 0 radical (unpaired) electrons. The van der Waals surface area contributed by atoms with Crippen molar-refractivity contribution in [3.63, 3.8) is 0 Å². The molecule has 1 atom stereocenters. The van der Waals surface area contributed by atoms with Crippen LogP contribution in [0.25, 0.3) is 0 Å². The third kappa shape index (κ3) is 8.01. The second-order valence-corrected chi connectivity index (χ2v) is 3.47. The Morgan fingerprint density at radius 3 is 2.79 bits per heavy atom. The van der Waals surface area contributed by atoms with Gasteiger partial charge in [0.1, 0.15) is 0 Å². The van der Waals surface area contributed by atoms with Crippen LogP contribution in [0.15, 0.2) is 0 Å². The van der Waals surface area contributed by atoms with Crippen molar-refractivity contribution < 1.29 is 9.53 Å². The minimum Gasteiger partial charge on any atom is -0.378 e. The van der Waals surface area contributed by atoms with E-state index in [0.29, 0.717) is 38.6 Å². The average Bonchev–Trinajstić information content (AvgIpc) is 2.17. The van der Waals surface area contributed by atoms with Gasteiger partial charge in [-0.2, -0.15) is 0 Å². The maximum absolute atomic E-state index is 11.3. The highest BCUT2D eigenvalue weighted by Crippen LogP contribution is 2.04. The van der Waals surface area contributed by atoms with Crippen molar-refractivity contribution in [1.82, 2.24) is 5.32 Å². The quantitative estimate of drug-likeness (QED) is 0.564. The Kier molecular flexibility index (Phi) is 8.57. The molecule has 1 amide bonds. The Morgan fingerprint density at radius 1 is 1.50 bits per heavy atom. The third-order valence-electron chi connectivity index (χ3n) is 2.06. The van der Waals surface area contributed by atoms with Gasteiger partial charge in [-0.1, -0.05) is 20.3 Å². The molecule has 0 aromatic rings. The second-order valence-electron chi connectivity index (χ2n) is 3.47. The molecule has 0 aromatic carbocycles. The largest absolute Gasteiger partial charge is 0.378 e. The molecule has 4 heteroatoms. The summed E-state index contributed by atoms with van der Waals surface area (Å²) in [6.07, 6.45) is 1.64. The van der Waals surface area contributed by atoms with Gasteiger partial charge in [0.05, 0.1) is 13.2 Å². The van der Waals surface area contributed by atoms with Gasteiger partial charge in [0.15, 0.2) is 0 Å². The van der Waals surface area contributed by atoms with E-state index in [2.05, 4.69) is 19.2 Å². The number of rotatable bonds is 8. The van der Waals surface area contributed by atoms with E-state index in [9.17, 15) is 4.79 Å². The molecule has 0 aromatic heterocycles. The van der Waals surface area contributed by atoms with E-state index in [0.717, 1.165) is 6.42 Å². The number of ether oxygens (including phenoxy) is 1. The fourth-order valence-corrected chi connectivity index (χ4v) is 0.981. The van der Waals surface area contributed by atoms with Crippen LogP contribution in [-0.4, -0.2) is 32.2 Å². The summed E-state index contributed by atoms with van der Waals surface area (Å²) in [5.74, 6) is 0.565. The topological polar surface area (TPSA) is 64.3 Å². The lowest BCUT2D eigenvalue weighted by Crippen LogP contribution is -2.28. The maximum atomic E-state index is 11.3. The lowest BCUT2D eigenvalue weighted by atomic mass is 10.1. The lowest BCUT2D eigenvalue weighted by molar-refractivity contribution is -0.122. The molecule has 0 rings (SSSR count). The molecule has 0 aliphatic rings. The molecule has 14 heavy (non-hydrogen) atoms. The first-order valence-corrected chi connectivity index (χ1v) is 5.25. The molecule has 84 valence electrons. The molecule has 0 saturated carbocycles. The molecular formula is C10H22N2O2. The van der Waals surface area contributed by atoms with Crippen molar-refractivity contribution in [2.24, 2.45) is 11.7 Å². The predicted molar refractivity (Wildman–Crippen MR) is 57.0 cm³/mol. The van der Waals surface area contributed by atoms with Crippen molar-refractivity contribution in [2.75, 3.05) is 26.3 Å². The predicted octanol–water partition coefficient (Wildman–Crippen LogP) is 0.514. The number of nitrogens with two attached hydrogens (primary N) is 1. The molecule has 0 heterocycles. The lowest BCUT2D eigenvalue weighted by Gasteiger charge is -2.09. The summed E-state index contributed by atoms with van der Waals surface area (Å²) in [7, 11) is 0. The van der Waals surface area contributed by atoms with E-state index in [1.807, 2.05) is 0 Å². The Bertz CT molecular complexity index is 151. The van der Waals surface area contributed by atoms with Crippen LogP contribution in [-0.2, 0) is 9.53 Å². The highest BCUT2D eigenvalue weighted by molar-refractivity contribution is 5.76. The van der Waals surface area contributed by atoms with Gasteiger partial charge in [-0.15, -0.1) is 0 Å². The van der Waals surface area contributed by atoms with Crippen molar-refractivity contribution in [3.8, 4) is 0 Å². The molecule has 4 nitrogen and oxygen atoms in total. The zero-order valence-electron chi connectivity index (χ0n) is 9.21. The number of amides is 1. The summed E-state index contributed by atoms with van der Waals surface area (Å²) in [6, 6.07) is 0. The van der Waals surface area contributed by atoms with Crippen LogP contribution in [0, 0.1) is 5.92 Å². The van der Waals surface area contributed by atoms with E-state index in [-0.39, 0.29) is 5.91 Å². The van der Waals surface area contributed by atoms with Crippen LogP contribution in [0.5, 0.6) is 0 Å². The minimum absolute atomic E-state index is 0.107. The van der Waals surface area contributed by atoms with Crippen LogP contribution in [0.4, 0.5) is 0 Å². The molecule has 0 aliphatic carbocycles. The van der Waals surface area contributed by atoms with Gasteiger partial charge in [-0.05, 0) is 5.92 Å². The summed E-state index contributed by atoms with van der Waals surface area (Å²) in [5, 5.41) is 2.80. The fraction of sp³-hybridized carbons (Fsp3) is 0.900. The Balaban J connectivity index is 3.27. The first kappa shape index (κ1) is 13.4. The van der Waals surface area contributed by atoms with Crippen molar-refractivity contribution in [3.05, 3.63) is 0 Å². The monoisotopic (exact) mass is 202 g/mol. The molecular weight excluding hydrogens is 180 g/mol. The third-order valence-corrected chi connectivity index (χ3v) is 2.06. The van der Waals surface area contributed by atoms with Crippen molar-refractivity contribution in [2.45, 2.75) is 26.7 Å². The summed E-state index contributed by atoms with van der Waals surface area (Å²) in [5.41, 5.74) is 5.24. The van der Waals surface area contributed by atoms with Crippen LogP contribution in [0.3, 0.4) is 0 Å². The van der Waals surface area contributed by atoms with E-state index in [1.165, 1.54) is 0 Å². The van der Waals surface area contributed by atoms with Crippen LogP contribution in [0.1, 0.15) is 26.7 Å². The van der Waals surface area contributed by atoms with Gasteiger partial charge >= 0.3 is 0 Å². The van der Waals surface area contributed by atoms with Gasteiger partial charge < -0.3 is 15.8 Å².